The minimum absolute atomic E-state index is 0. The molecule has 0 heterocycles. The molecule has 0 aromatic heterocycles. The predicted molar refractivity (Wildman–Crippen MR) is 54.6 cm³/mol. The molecule has 13 heavy (non-hydrogen) atoms. The van der Waals surface area contributed by atoms with Gasteiger partial charge in [0.05, 0.1) is 0 Å². The van der Waals surface area contributed by atoms with Crippen LogP contribution in [0.15, 0.2) is 24.3 Å². The Morgan fingerprint density at radius 2 is 2.23 bits per heavy atom. The van der Waals surface area contributed by atoms with Crippen molar-refractivity contribution >= 4 is 16.3 Å². The molecule has 0 aliphatic heterocycles. The molecule has 1 aromatic rings. The van der Waals surface area contributed by atoms with Crippen molar-refractivity contribution in [1.29, 1.82) is 0 Å². The van der Waals surface area contributed by atoms with E-state index in [0.29, 0.717) is 5.92 Å². The van der Waals surface area contributed by atoms with Crippen molar-refractivity contribution in [2.24, 2.45) is 0 Å². The van der Waals surface area contributed by atoms with Crippen LogP contribution >= 0.6 is 0 Å². The normalized spacial score (nSPS) is 18.2. The maximum atomic E-state index is 3.56. The number of fused-ring (bicyclic) bond motifs is 1. The Morgan fingerprint density at radius 3 is 2.92 bits per heavy atom. The SMILES string of the molecule is Cc1ccc2c(c1)C=CC2C[Si].[H-].[Li+]. The van der Waals surface area contributed by atoms with E-state index in [2.05, 4.69) is 47.5 Å². The van der Waals surface area contributed by atoms with Crippen LogP contribution in [0.2, 0.25) is 6.04 Å². The molecule has 0 amide bonds. The second kappa shape index (κ2) is 4.33. The molecule has 0 N–H and O–H groups in total. The number of hydrogen-bond acceptors (Lipinski definition) is 0. The molecule has 1 atom stereocenters. The van der Waals surface area contributed by atoms with E-state index in [1.807, 2.05) is 0 Å². The van der Waals surface area contributed by atoms with Gasteiger partial charge in [0.2, 0.25) is 0 Å². The fourth-order valence-corrected chi connectivity index (χ4v) is 2.03. The molecule has 3 radical (unpaired) electrons. The summed E-state index contributed by atoms with van der Waals surface area (Å²) in [6.07, 6.45) is 4.48. The summed E-state index contributed by atoms with van der Waals surface area (Å²) >= 11 is 0. The third kappa shape index (κ3) is 1.99. The Balaban J connectivity index is 0.000000845. The first-order chi connectivity index (χ1) is 5.81. The largest absolute Gasteiger partial charge is 1.00 e. The van der Waals surface area contributed by atoms with Crippen LogP contribution in [0.1, 0.15) is 24.0 Å². The van der Waals surface area contributed by atoms with Crippen molar-refractivity contribution in [3.8, 4) is 0 Å². The topological polar surface area (TPSA) is 0 Å². The maximum absolute atomic E-state index is 3.56. The van der Waals surface area contributed by atoms with Gasteiger partial charge in [0, 0.05) is 10.2 Å². The summed E-state index contributed by atoms with van der Waals surface area (Å²) in [4.78, 5) is 0. The summed E-state index contributed by atoms with van der Waals surface area (Å²) in [5, 5.41) is 0. The first-order valence-electron chi connectivity index (χ1n) is 4.24. The van der Waals surface area contributed by atoms with E-state index in [4.69, 9.17) is 0 Å². The Kier molecular flexibility index (Phi) is 3.61. The van der Waals surface area contributed by atoms with E-state index in [9.17, 15) is 0 Å². The van der Waals surface area contributed by atoms with Gasteiger partial charge in [-0.1, -0.05) is 42.0 Å². The van der Waals surface area contributed by atoms with E-state index in [1.165, 1.54) is 16.7 Å². The van der Waals surface area contributed by atoms with Gasteiger partial charge in [0.15, 0.2) is 0 Å². The summed E-state index contributed by atoms with van der Waals surface area (Å²) in [7, 11) is 3.56. The zero-order chi connectivity index (χ0) is 8.55. The van der Waals surface area contributed by atoms with Crippen LogP contribution in [0.3, 0.4) is 0 Å². The van der Waals surface area contributed by atoms with Crippen LogP contribution in [-0.4, -0.2) is 10.2 Å². The molecular formula is C11H12LiSi. The molecule has 1 unspecified atom stereocenters. The quantitative estimate of drug-likeness (QED) is 0.524. The molecule has 0 fully saturated rings. The van der Waals surface area contributed by atoms with Gasteiger partial charge in [-0.15, -0.1) is 0 Å². The van der Waals surface area contributed by atoms with Crippen molar-refractivity contribution < 1.29 is 20.3 Å². The first kappa shape index (κ1) is 10.9. The molecule has 0 nitrogen and oxygen atoms in total. The van der Waals surface area contributed by atoms with E-state index in [0.717, 1.165) is 6.04 Å². The summed E-state index contributed by atoms with van der Waals surface area (Å²) in [5.74, 6) is 0.581. The summed E-state index contributed by atoms with van der Waals surface area (Å²) in [6.45, 7) is 2.13. The number of aryl methyl sites for hydroxylation is 1. The summed E-state index contributed by atoms with van der Waals surface area (Å²) in [6, 6.07) is 7.68. The van der Waals surface area contributed by atoms with Crippen LogP contribution in [0.4, 0.5) is 0 Å². The number of hydrogen-bond donors (Lipinski definition) is 0. The van der Waals surface area contributed by atoms with Crippen LogP contribution in [0, 0.1) is 6.92 Å². The predicted octanol–water partition coefficient (Wildman–Crippen LogP) is -0.191. The van der Waals surface area contributed by atoms with E-state index in [1.54, 1.807) is 0 Å². The Morgan fingerprint density at radius 1 is 1.46 bits per heavy atom. The third-order valence-electron chi connectivity index (χ3n) is 2.37. The Hall–Kier alpha value is -0.226. The number of allylic oxidation sites excluding steroid dienone is 1. The number of benzene rings is 1. The molecule has 0 saturated carbocycles. The average molecular weight is 179 g/mol. The van der Waals surface area contributed by atoms with Gasteiger partial charge in [-0.25, -0.2) is 0 Å². The van der Waals surface area contributed by atoms with Gasteiger partial charge in [-0.3, -0.25) is 0 Å². The van der Waals surface area contributed by atoms with Crippen molar-refractivity contribution in [3.05, 3.63) is 41.0 Å². The smallest absolute Gasteiger partial charge is 1.00 e. The zero-order valence-electron chi connectivity index (χ0n) is 9.17. The monoisotopic (exact) mass is 179 g/mol. The van der Waals surface area contributed by atoms with Gasteiger partial charge in [-0.05, 0) is 24.0 Å². The van der Waals surface area contributed by atoms with Crippen molar-refractivity contribution in [3.63, 3.8) is 0 Å². The molecule has 0 spiro atoms. The zero-order valence-corrected chi connectivity index (χ0v) is 9.17. The summed E-state index contributed by atoms with van der Waals surface area (Å²) < 4.78 is 0. The second-order valence-corrected chi connectivity index (χ2v) is 3.71. The van der Waals surface area contributed by atoms with Crippen molar-refractivity contribution in [2.75, 3.05) is 0 Å². The van der Waals surface area contributed by atoms with Gasteiger partial charge >= 0.3 is 18.9 Å². The van der Waals surface area contributed by atoms with Crippen LogP contribution < -0.4 is 18.9 Å². The first-order valence-corrected chi connectivity index (χ1v) is 4.95. The maximum Gasteiger partial charge on any atom is 1.00 e. The molecule has 1 aliphatic carbocycles. The van der Waals surface area contributed by atoms with Crippen molar-refractivity contribution in [2.45, 2.75) is 18.9 Å². The Bertz CT molecular complexity index is 336. The van der Waals surface area contributed by atoms with E-state index < -0.39 is 0 Å². The molecular weight excluding hydrogens is 167 g/mol. The van der Waals surface area contributed by atoms with Gasteiger partial charge in [0.1, 0.15) is 0 Å². The summed E-state index contributed by atoms with van der Waals surface area (Å²) in [5.41, 5.74) is 4.18. The molecule has 1 aliphatic rings. The van der Waals surface area contributed by atoms with Crippen LogP contribution in [-0.2, 0) is 0 Å². The average Bonchev–Trinajstić information content (AvgIpc) is 2.46. The second-order valence-electron chi connectivity index (χ2n) is 3.30. The fraction of sp³-hybridized carbons (Fsp3) is 0.273. The molecule has 2 rings (SSSR count). The van der Waals surface area contributed by atoms with E-state index >= 15 is 0 Å². The fourth-order valence-electron chi connectivity index (χ4n) is 1.68. The Labute approximate surface area is 96.5 Å². The third-order valence-corrected chi connectivity index (χ3v) is 2.81. The van der Waals surface area contributed by atoms with Crippen LogP contribution in [0.5, 0.6) is 0 Å². The number of rotatable bonds is 1. The van der Waals surface area contributed by atoms with Crippen LogP contribution in [0.25, 0.3) is 6.08 Å². The molecule has 1 aromatic carbocycles. The molecule has 2 heteroatoms. The van der Waals surface area contributed by atoms with Crippen molar-refractivity contribution in [1.82, 2.24) is 0 Å². The minimum Gasteiger partial charge on any atom is -1.00 e. The van der Waals surface area contributed by atoms with Gasteiger partial charge in [0.25, 0.3) is 0 Å². The van der Waals surface area contributed by atoms with E-state index in [-0.39, 0.29) is 20.3 Å². The standard InChI is InChI=1S/C11H11Si.Li.H/c1-8-2-5-11-9(6-8)3-4-10(11)7-12;;/h2-6,10H,7H2,1H3;;/q;+1;-1. The minimum atomic E-state index is 0. The van der Waals surface area contributed by atoms with Gasteiger partial charge in [-0.2, -0.15) is 0 Å². The molecule has 0 saturated heterocycles. The molecule has 61 valence electrons. The van der Waals surface area contributed by atoms with Gasteiger partial charge < -0.3 is 1.43 Å². The molecule has 0 bridgehead atoms.